The Kier molecular flexibility index (Phi) is 3.86. The molecule has 0 heterocycles. The third-order valence-electron chi connectivity index (χ3n) is 1.68. The normalized spacial score (nSPS) is 9.80. The van der Waals surface area contributed by atoms with E-state index in [0.717, 1.165) is 6.07 Å². The highest BCUT2D eigenvalue weighted by Crippen LogP contribution is 2.31. The predicted octanol–water partition coefficient (Wildman–Crippen LogP) is 2.59. The summed E-state index contributed by atoms with van der Waals surface area (Å²) >= 11 is 7.13. The van der Waals surface area contributed by atoms with E-state index >= 15 is 0 Å². The number of ether oxygens (including phenoxy) is 1. The molecule has 5 nitrogen and oxygen atoms in total. The standard InChI is InChI=1S/C8H5ClINO4/c1-15-7-3-5(10)4(8(9)12)2-6(7)11(13)14/h2-3H,1H3. The van der Waals surface area contributed by atoms with Crippen LogP contribution < -0.4 is 4.74 Å². The highest BCUT2D eigenvalue weighted by molar-refractivity contribution is 14.1. The number of methoxy groups -OCH3 is 1. The molecular formula is C8H5ClINO4. The number of nitrogens with zero attached hydrogens (tertiary/aromatic N) is 1. The van der Waals surface area contributed by atoms with E-state index in [2.05, 4.69) is 0 Å². The molecule has 0 amide bonds. The summed E-state index contributed by atoms with van der Waals surface area (Å²) in [6.07, 6.45) is 0. The van der Waals surface area contributed by atoms with Gasteiger partial charge in [0.15, 0.2) is 5.75 Å². The van der Waals surface area contributed by atoms with Gasteiger partial charge in [-0.2, -0.15) is 0 Å². The van der Waals surface area contributed by atoms with Crippen LogP contribution in [0.3, 0.4) is 0 Å². The van der Waals surface area contributed by atoms with Gasteiger partial charge in [-0.25, -0.2) is 0 Å². The molecule has 0 saturated carbocycles. The predicted molar refractivity (Wildman–Crippen MR) is 62.5 cm³/mol. The highest BCUT2D eigenvalue weighted by atomic mass is 127. The summed E-state index contributed by atoms with van der Waals surface area (Å²) in [5.41, 5.74) is -0.174. The van der Waals surface area contributed by atoms with Crippen molar-refractivity contribution in [1.82, 2.24) is 0 Å². The van der Waals surface area contributed by atoms with Crippen LogP contribution in [0.2, 0.25) is 0 Å². The van der Waals surface area contributed by atoms with Crippen molar-refractivity contribution in [3.63, 3.8) is 0 Å². The van der Waals surface area contributed by atoms with Crippen LogP contribution in [0.1, 0.15) is 10.4 Å². The number of carbonyl (C=O) groups is 1. The molecule has 0 aliphatic carbocycles. The second-order valence-corrected chi connectivity index (χ2v) is 4.04. The summed E-state index contributed by atoms with van der Waals surface area (Å²) in [5.74, 6) is 0.103. The van der Waals surface area contributed by atoms with Crippen LogP contribution in [-0.2, 0) is 0 Å². The lowest BCUT2D eigenvalue weighted by Gasteiger charge is -2.04. The first-order valence-electron chi connectivity index (χ1n) is 3.69. The first kappa shape index (κ1) is 12.2. The molecule has 0 N–H and O–H groups in total. The number of carbonyl (C=O) groups excluding carboxylic acids is 1. The summed E-state index contributed by atoms with van der Waals surface area (Å²) in [5, 5.41) is 9.90. The lowest BCUT2D eigenvalue weighted by Crippen LogP contribution is -1.99. The fraction of sp³-hybridized carbons (Fsp3) is 0.125. The van der Waals surface area contributed by atoms with E-state index in [1.165, 1.54) is 13.2 Å². The molecule has 0 bridgehead atoms. The van der Waals surface area contributed by atoms with Crippen LogP contribution in [0.4, 0.5) is 5.69 Å². The number of nitro groups is 1. The van der Waals surface area contributed by atoms with Crippen LogP contribution in [0.15, 0.2) is 12.1 Å². The third kappa shape index (κ3) is 2.57. The Morgan fingerprint density at radius 3 is 2.60 bits per heavy atom. The topological polar surface area (TPSA) is 69.4 Å². The maximum absolute atomic E-state index is 10.9. The van der Waals surface area contributed by atoms with Crippen LogP contribution in [0.25, 0.3) is 0 Å². The second kappa shape index (κ2) is 4.75. The van der Waals surface area contributed by atoms with Gasteiger partial charge >= 0.3 is 5.69 Å². The van der Waals surface area contributed by atoms with Crippen molar-refractivity contribution in [2.75, 3.05) is 7.11 Å². The average molecular weight is 341 g/mol. The first-order chi connectivity index (χ1) is 6.97. The molecule has 7 heteroatoms. The molecule has 0 atom stereocenters. The average Bonchev–Trinajstić information content (AvgIpc) is 2.16. The molecule has 80 valence electrons. The fourth-order valence-corrected chi connectivity index (χ4v) is 2.00. The van der Waals surface area contributed by atoms with E-state index in [9.17, 15) is 14.9 Å². The van der Waals surface area contributed by atoms with Crippen molar-refractivity contribution >= 4 is 45.1 Å². The number of halogens is 2. The Morgan fingerprint density at radius 2 is 2.20 bits per heavy atom. The van der Waals surface area contributed by atoms with Crippen LogP contribution in [0, 0.1) is 13.7 Å². The van der Waals surface area contributed by atoms with E-state index in [1.807, 2.05) is 22.6 Å². The van der Waals surface area contributed by atoms with E-state index in [0.29, 0.717) is 3.57 Å². The summed E-state index contributed by atoms with van der Waals surface area (Å²) in [6.45, 7) is 0. The maximum atomic E-state index is 10.9. The zero-order valence-corrected chi connectivity index (χ0v) is 10.4. The number of hydrogen-bond donors (Lipinski definition) is 0. The molecule has 0 unspecified atom stereocenters. The van der Waals surface area contributed by atoms with Gasteiger partial charge in [0.05, 0.1) is 17.6 Å². The Morgan fingerprint density at radius 1 is 1.60 bits per heavy atom. The first-order valence-corrected chi connectivity index (χ1v) is 5.14. The molecule has 0 saturated heterocycles. The van der Waals surface area contributed by atoms with Crippen molar-refractivity contribution in [3.8, 4) is 5.75 Å². The zero-order valence-electron chi connectivity index (χ0n) is 7.49. The largest absolute Gasteiger partial charge is 0.490 e. The zero-order chi connectivity index (χ0) is 11.6. The van der Waals surface area contributed by atoms with E-state index < -0.39 is 10.2 Å². The summed E-state index contributed by atoms with van der Waals surface area (Å²) in [7, 11) is 1.32. The monoisotopic (exact) mass is 341 g/mol. The number of rotatable bonds is 3. The molecule has 0 fully saturated rings. The minimum atomic E-state index is -0.731. The summed E-state index contributed by atoms with van der Waals surface area (Å²) in [4.78, 5) is 20.9. The number of benzene rings is 1. The second-order valence-electron chi connectivity index (χ2n) is 2.53. The molecular weight excluding hydrogens is 336 g/mol. The van der Waals surface area contributed by atoms with Crippen LogP contribution >= 0.6 is 34.2 Å². The minimum absolute atomic E-state index is 0.102. The van der Waals surface area contributed by atoms with Gasteiger partial charge in [-0.3, -0.25) is 14.9 Å². The minimum Gasteiger partial charge on any atom is -0.490 e. The Balaban J connectivity index is 3.43. The van der Waals surface area contributed by atoms with Gasteiger partial charge < -0.3 is 4.74 Å². The molecule has 1 rings (SSSR count). The SMILES string of the molecule is COc1cc(I)c(C(=O)Cl)cc1[N+](=O)[O-]. The van der Waals surface area contributed by atoms with Gasteiger partial charge in [0.1, 0.15) is 0 Å². The van der Waals surface area contributed by atoms with Crippen molar-refractivity contribution < 1.29 is 14.5 Å². The summed E-state index contributed by atoms with van der Waals surface area (Å²) < 4.78 is 5.33. The fourth-order valence-electron chi connectivity index (χ4n) is 1.00. The lowest BCUT2D eigenvalue weighted by molar-refractivity contribution is -0.385. The van der Waals surface area contributed by atoms with Gasteiger partial charge in [-0.05, 0) is 34.2 Å². The molecule has 1 aromatic carbocycles. The molecule has 0 aliphatic rings. The quantitative estimate of drug-likeness (QED) is 0.367. The molecule has 0 radical (unpaired) electrons. The van der Waals surface area contributed by atoms with E-state index in [1.54, 1.807) is 0 Å². The molecule has 0 spiro atoms. The van der Waals surface area contributed by atoms with Crippen LogP contribution in [0.5, 0.6) is 5.75 Å². The van der Waals surface area contributed by atoms with Crippen LogP contribution in [-0.4, -0.2) is 17.3 Å². The van der Waals surface area contributed by atoms with Crippen molar-refractivity contribution in [2.24, 2.45) is 0 Å². The Labute approximate surface area is 104 Å². The van der Waals surface area contributed by atoms with Crippen molar-refractivity contribution in [1.29, 1.82) is 0 Å². The highest BCUT2D eigenvalue weighted by Gasteiger charge is 2.20. The molecule has 0 aliphatic heterocycles. The van der Waals surface area contributed by atoms with Gasteiger partial charge in [0.25, 0.3) is 5.24 Å². The van der Waals surface area contributed by atoms with E-state index in [-0.39, 0.29) is 17.0 Å². The maximum Gasteiger partial charge on any atom is 0.311 e. The molecule has 15 heavy (non-hydrogen) atoms. The molecule has 0 aromatic heterocycles. The summed E-state index contributed by atoms with van der Waals surface area (Å²) in [6, 6.07) is 2.50. The Hall–Kier alpha value is -0.890. The lowest BCUT2D eigenvalue weighted by atomic mass is 10.2. The van der Waals surface area contributed by atoms with E-state index in [4.69, 9.17) is 16.3 Å². The van der Waals surface area contributed by atoms with Gasteiger partial charge in [0.2, 0.25) is 0 Å². The molecule has 1 aromatic rings. The van der Waals surface area contributed by atoms with Crippen molar-refractivity contribution in [2.45, 2.75) is 0 Å². The number of hydrogen-bond acceptors (Lipinski definition) is 4. The van der Waals surface area contributed by atoms with Gasteiger partial charge in [-0.15, -0.1) is 0 Å². The number of nitro benzene ring substituents is 1. The third-order valence-corrected chi connectivity index (χ3v) is 2.77. The smallest absolute Gasteiger partial charge is 0.311 e. The van der Waals surface area contributed by atoms with Gasteiger partial charge in [0, 0.05) is 15.7 Å². The van der Waals surface area contributed by atoms with Crippen molar-refractivity contribution in [3.05, 3.63) is 31.4 Å². The Bertz CT molecular complexity index is 435. The van der Waals surface area contributed by atoms with Gasteiger partial charge in [-0.1, -0.05) is 0 Å².